The van der Waals surface area contributed by atoms with Crippen LogP contribution in [-0.2, 0) is 14.3 Å². The van der Waals surface area contributed by atoms with Gasteiger partial charge in [-0.15, -0.1) is 0 Å². The molecule has 7 nitrogen and oxygen atoms in total. The average molecular weight is 287 g/mol. The first-order valence-electron chi connectivity index (χ1n) is 6.65. The van der Waals surface area contributed by atoms with E-state index in [9.17, 15) is 14.4 Å². The van der Waals surface area contributed by atoms with Gasteiger partial charge in [0.2, 0.25) is 11.8 Å². The number of nitrogens with two attached hydrogens (primary N) is 1. The fourth-order valence-electron chi connectivity index (χ4n) is 1.47. The molecule has 3 amide bonds. The SMILES string of the molecule is CC(=O)NCCCCC(NC(=O)OC(C)(C)C)C(N)=O. The van der Waals surface area contributed by atoms with Crippen molar-refractivity contribution in [3.8, 4) is 0 Å². The van der Waals surface area contributed by atoms with Gasteiger partial charge in [0, 0.05) is 13.5 Å². The molecule has 0 spiro atoms. The molecule has 0 bridgehead atoms. The molecular weight excluding hydrogens is 262 g/mol. The van der Waals surface area contributed by atoms with Crippen LogP contribution < -0.4 is 16.4 Å². The summed E-state index contributed by atoms with van der Waals surface area (Å²) in [6.45, 7) is 7.18. The first-order chi connectivity index (χ1) is 9.11. The molecule has 0 saturated carbocycles. The Balaban J connectivity index is 4.08. The summed E-state index contributed by atoms with van der Waals surface area (Å²) < 4.78 is 5.06. The molecule has 1 unspecified atom stereocenters. The molecule has 0 heterocycles. The smallest absolute Gasteiger partial charge is 0.408 e. The van der Waals surface area contributed by atoms with E-state index in [-0.39, 0.29) is 5.91 Å². The molecule has 1 atom stereocenters. The van der Waals surface area contributed by atoms with Crippen molar-refractivity contribution in [3.05, 3.63) is 0 Å². The van der Waals surface area contributed by atoms with Gasteiger partial charge in [0.1, 0.15) is 11.6 Å². The number of hydrogen-bond acceptors (Lipinski definition) is 4. The van der Waals surface area contributed by atoms with E-state index >= 15 is 0 Å². The summed E-state index contributed by atoms with van der Waals surface area (Å²) in [5.41, 5.74) is 4.61. The van der Waals surface area contributed by atoms with Crippen LogP contribution in [0.1, 0.15) is 47.0 Å². The van der Waals surface area contributed by atoms with Crippen LogP contribution in [0.3, 0.4) is 0 Å². The Morgan fingerprint density at radius 2 is 1.80 bits per heavy atom. The lowest BCUT2D eigenvalue weighted by molar-refractivity contribution is -0.120. The maximum atomic E-state index is 11.6. The van der Waals surface area contributed by atoms with Crippen LogP contribution in [0.5, 0.6) is 0 Å². The summed E-state index contributed by atoms with van der Waals surface area (Å²) in [4.78, 5) is 33.5. The molecule has 0 aromatic carbocycles. The second-order valence-corrected chi connectivity index (χ2v) is 5.58. The van der Waals surface area contributed by atoms with Gasteiger partial charge in [-0.05, 0) is 40.0 Å². The number of carbonyl (C=O) groups excluding carboxylic acids is 3. The molecule has 4 N–H and O–H groups in total. The molecule has 0 radical (unpaired) electrons. The van der Waals surface area contributed by atoms with E-state index in [4.69, 9.17) is 10.5 Å². The van der Waals surface area contributed by atoms with Crippen molar-refractivity contribution in [2.45, 2.75) is 58.6 Å². The normalized spacial score (nSPS) is 12.4. The highest BCUT2D eigenvalue weighted by Crippen LogP contribution is 2.08. The lowest BCUT2D eigenvalue weighted by atomic mass is 10.1. The molecule has 0 aliphatic heterocycles. The first-order valence-corrected chi connectivity index (χ1v) is 6.65. The highest BCUT2D eigenvalue weighted by Gasteiger charge is 2.22. The topological polar surface area (TPSA) is 111 Å². The number of carbonyl (C=O) groups is 3. The van der Waals surface area contributed by atoms with Gasteiger partial charge < -0.3 is 21.1 Å². The Morgan fingerprint density at radius 1 is 1.20 bits per heavy atom. The fourth-order valence-corrected chi connectivity index (χ4v) is 1.47. The molecule has 116 valence electrons. The Morgan fingerprint density at radius 3 is 2.25 bits per heavy atom. The quantitative estimate of drug-likeness (QED) is 0.598. The zero-order valence-electron chi connectivity index (χ0n) is 12.6. The summed E-state index contributed by atoms with van der Waals surface area (Å²) in [6, 6.07) is -0.762. The molecular formula is C13H25N3O4. The standard InChI is InChI=1S/C13H25N3O4/c1-9(17)15-8-6-5-7-10(11(14)18)16-12(19)20-13(2,3)4/h10H,5-8H2,1-4H3,(H2,14,18)(H,15,17)(H,16,19). The number of primary amides is 1. The van der Waals surface area contributed by atoms with Crippen LogP contribution >= 0.6 is 0 Å². The predicted molar refractivity (Wildman–Crippen MR) is 74.9 cm³/mol. The Labute approximate surface area is 119 Å². The van der Waals surface area contributed by atoms with Crippen LogP contribution in [0.15, 0.2) is 0 Å². The number of ether oxygens (including phenoxy) is 1. The van der Waals surface area contributed by atoms with Crippen molar-refractivity contribution < 1.29 is 19.1 Å². The Hall–Kier alpha value is -1.79. The van der Waals surface area contributed by atoms with Gasteiger partial charge >= 0.3 is 6.09 Å². The van der Waals surface area contributed by atoms with Crippen molar-refractivity contribution in [3.63, 3.8) is 0 Å². The number of amides is 3. The van der Waals surface area contributed by atoms with E-state index < -0.39 is 23.6 Å². The lowest BCUT2D eigenvalue weighted by Crippen LogP contribution is -2.46. The molecule has 0 fully saturated rings. The molecule has 0 aliphatic rings. The summed E-state index contributed by atoms with van der Waals surface area (Å²) in [6.07, 6.45) is 1.11. The molecule has 7 heteroatoms. The van der Waals surface area contributed by atoms with Gasteiger partial charge in [-0.1, -0.05) is 0 Å². The minimum atomic E-state index is -0.762. The van der Waals surface area contributed by atoms with E-state index in [0.717, 1.165) is 0 Å². The van der Waals surface area contributed by atoms with Crippen LogP contribution in [0.2, 0.25) is 0 Å². The first kappa shape index (κ1) is 18.2. The third-order valence-electron chi connectivity index (χ3n) is 2.33. The van der Waals surface area contributed by atoms with E-state index in [1.807, 2.05) is 0 Å². The van der Waals surface area contributed by atoms with E-state index in [1.165, 1.54) is 6.92 Å². The summed E-state index contributed by atoms with van der Waals surface area (Å²) in [5, 5.41) is 5.10. The Kier molecular flexibility index (Phi) is 7.64. The molecule has 0 aromatic heterocycles. The maximum Gasteiger partial charge on any atom is 0.408 e. The van der Waals surface area contributed by atoms with Crippen molar-refractivity contribution in [2.24, 2.45) is 5.73 Å². The van der Waals surface area contributed by atoms with Crippen LogP contribution in [0.25, 0.3) is 0 Å². The zero-order valence-corrected chi connectivity index (χ0v) is 12.6. The van der Waals surface area contributed by atoms with Crippen LogP contribution in [-0.4, -0.2) is 36.1 Å². The van der Waals surface area contributed by atoms with Gasteiger partial charge in [-0.2, -0.15) is 0 Å². The number of rotatable bonds is 7. The second-order valence-electron chi connectivity index (χ2n) is 5.58. The molecule has 0 rings (SSSR count). The maximum absolute atomic E-state index is 11.6. The molecule has 0 aliphatic carbocycles. The number of nitrogens with one attached hydrogen (secondary N) is 2. The van der Waals surface area contributed by atoms with Gasteiger partial charge in [0.05, 0.1) is 0 Å². The van der Waals surface area contributed by atoms with Gasteiger partial charge in [0.25, 0.3) is 0 Å². The number of unbranched alkanes of at least 4 members (excludes halogenated alkanes) is 1. The predicted octanol–water partition coefficient (Wildman–Crippen LogP) is 0.671. The van der Waals surface area contributed by atoms with Crippen LogP contribution in [0, 0.1) is 0 Å². The number of hydrogen-bond donors (Lipinski definition) is 3. The Bertz CT molecular complexity index is 350. The lowest BCUT2D eigenvalue weighted by Gasteiger charge is -2.22. The fraction of sp³-hybridized carbons (Fsp3) is 0.769. The zero-order chi connectivity index (χ0) is 15.8. The highest BCUT2D eigenvalue weighted by atomic mass is 16.6. The second kappa shape index (κ2) is 8.39. The van der Waals surface area contributed by atoms with Crippen molar-refractivity contribution in [2.75, 3.05) is 6.54 Å². The van der Waals surface area contributed by atoms with Gasteiger partial charge in [0.15, 0.2) is 0 Å². The van der Waals surface area contributed by atoms with Crippen LogP contribution in [0.4, 0.5) is 4.79 Å². The molecule has 20 heavy (non-hydrogen) atoms. The van der Waals surface area contributed by atoms with E-state index in [2.05, 4.69) is 10.6 Å². The third kappa shape index (κ3) is 10.2. The van der Waals surface area contributed by atoms with Gasteiger partial charge in [-0.3, -0.25) is 9.59 Å². The third-order valence-corrected chi connectivity index (χ3v) is 2.33. The largest absolute Gasteiger partial charge is 0.444 e. The minimum absolute atomic E-state index is 0.0941. The summed E-state index contributed by atoms with van der Waals surface area (Å²) >= 11 is 0. The number of alkyl carbamates (subject to hydrolysis) is 1. The molecule has 0 saturated heterocycles. The van der Waals surface area contributed by atoms with Crippen molar-refractivity contribution in [1.29, 1.82) is 0 Å². The van der Waals surface area contributed by atoms with E-state index in [0.29, 0.717) is 25.8 Å². The average Bonchev–Trinajstić information content (AvgIpc) is 2.23. The van der Waals surface area contributed by atoms with Gasteiger partial charge in [-0.25, -0.2) is 4.79 Å². The summed E-state index contributed by atoms with van der Waals surface area (Å²) in [5.74, 6) is -0.696. The van der Waals surface area contributed by atoms with E-state index in [1.54, 1.807) is 20.8 Å². The van der Waals surface area contributed by atoms with Crippen molar-refractivity contribution >= 4 is 17.9 Å². The summed E-state index contributed by atoms with van der Waals surface area (Å²) in [7, 11) is 0. The highest BCUT2D eigenvalue weighted by molar-refractivity contribution is 5.84. The van der Waals surface area contributed by atoms with Crippen molar-refractivity contribution in [1.82, 2.24) is 10.6 Å². The minimum Gasteiger partial charge on any atom is -0.444 e. The molecule has 0 aromatic rings. The monoisotopic (exact) mass is 287 g/mol.